The van der Waals surface area contributed by atoms with Crippen molar-refractivity contribution in [3.8, 4) is 0 Å². The highest BCUT2D eigenvalue weighted by Crippen LogP contribution is 2.26. The first-order valence-electron chi connectivity index (χ1n) is 5.91. The van der Waals surface area contributed by atoms with Crippen LogP contribution in [0.2, 0.25) is 5.02 Å². The van der Waals surface area contributed by atoms with Gasteiger partial charge in [-0.05, 0) is 20.2 Å². The normalized spacial score (nSPS) is 10.7. The van der Waals surface area contributed by atoms with E-state index in [4.69, 9.17) is 16.3 Å². The van der Waals surface area contributed by atoms with E-state index in [2.05, 4.69) is 5.32 Å². The highest BCUT2D eigenvalue weighted by atomic mass is 35.5. The van der Waals surface area contributed by atoms with Gasteiger partial charge in [-0.15, -0.1) is 0 Å². The minimum atomic E-state index is -0.472. The first kappa shape index (κ1) is 15.7. The van der Waals surface area contributed by atoms with Crippen molar-refractivity contribution in [1.29, 1.82) is 0 Å². The van der Waals surface area contributed by atoms with Crippen molar-refractivity contribution in [3.63, 3.8) is 0 Å². The summed E-state index contributed by atoms with van der Waals surface area (Å²) < 4.78 is 5.41. The largest absolute Gasteiger partial charge is 0.382 e. The van der Waals surface area contributed by atoms with E-state index in [1.54, 1.807) is 6.07 Å². The number of nitrogens with one attached hydrogen (secondary N) is 1. The predicted molar refractivity (Wildman–Crippen MR) is 76.0 cm³/mol. The molecule has 106 valence electrons. The third-order valence-corrected chi connectivity index (χ3v) is 2.72. The van der Waals surface area contributed by atoms with Crippen LogP contribution in [0.4, 0.5) is 11.4 Å². The monoisotopic (exact) mass is 287 g/mol. The van der Waals surface area contributed by atoms with Gasteiger partial charge in [0.2, 0.25) is 0 Å². The summed E-state index contributed by atoms with van der Waals surface area (Å²) in [7, 11) is 3.97. The summed E-state index contributed by atoms with van der Waals surface area (Å²) in [5, 5.41) is 14.0. The van der Waals surface area contributed by atoms with E-state index < -0.39 is 4.92 Å². The van der Waals surface area contributed by atoms with Crippen LogP contribution in [0.3, 0.4) is 0 Å². The molecule has 6 nitrogen and oxygen atoms in total. The molecule has 0 saturated carbocycles. The van der Waals surface area contributed by atoms with Crippen LogP contribution in [0.1, 0.15) is 0 Å². The quantitative estimate of drug-likeness (QED) is 0.451. The Kier molecular flexibility index (Phi) is 6.55. The molecule has 0 aliphatic carbocycles. The Balaban J connectivity index is 2.32. The number of nitro groups is 1. The molecule has 1 aromatic carbocycles. The van der Waals surface area contributed by atoms with Gasteiger partial charge in [0.05, 0.1) is 28.8 Å². The van der Waals surface area contributed by atoms with Crippen LogP contribution >= 0.6 is 11.6 Å². The number of nitro benzene ring substituents is 1. The first-order chi connectivity index (χ1) is 9.00. The van der Waals surface area contributed by atoms with Gasteiger partial charge in [-0.2, -0.15) is 0 Å². The minimum Gasteiger partial charge on any atom is -0.382 e. The second kappa shape index (κ2) is 7.93. The molecule has 0 amide bonds. The van der Waals surface area contributed by atoms with Crippen molar-refractivity contribution >= 4 is 23.0 Å². The number of likely N-dealkylation sites (N-methyl/N-ethyl adjacent to an activating group) is 1. The van der Waals surface area contributed by atoms with E-state index in [9.17, 15) is 10.1 Å². The van der Waals surface area contributed by atoms with Gasteiger partial charge in [0.15, 0.2) is 0 Å². The van der Waals surface area contributed by atoms with Crippen molar-refractivity contribution in [2.24, 2.45) is 0 Å². The smallest absolute Gasteiger partial charge is 0.271 e. The molecule has 0 fully saturated rings. The second-order valence-corrected chi connectivity index (χ2v) is 4.67. The standard InChI is InChI=1S/C12H18ClN3O3/c1-15(2)6-8-19-7-5-14-12-4-3-10(16(17)18)9-11(12)13/h3-4,9,14H,5-8H2,1-2H3. The topological polar surface area (TPSA) is 67.6 Å². The van der Waals surface area contributed by atoms with E-state index in [0.29, 0.717) is 30.5 Å². The molecule has 0 radical (unpaired) electrons. The number of non-ortho nitro benzene ring substituents is 1. The van der Waals surface area contributed by atoms with Crippen LogP contribution in [0.25, 0.3) is 0 Å². The van der Waals surface area contributed by atoms with Gasteiger partial charge in [0.25, 0.3) is 5.69 Å². The Bertz CT molecular complexity index is 427. The van der Waals surface area contributed by atoms with E-state index >= 15 is 0 Å². The SMILES string of the molecule is CN(C)CCOCCNc1ccc([N+](=O)[O-])cc1Cl. The van der Waals surface area contributed by atoms with Crippen molar-refractivity contribution in [3.05, 3.63) is 33.3 Å². The number of benzene rings is 1. The summed E-state index contributed by atoms with van der Waals surface area (Å²) in [6.07, 6.45) is 0. The molecule has 19 heavy (non-hydrogen) atoms. The Morgan fingerprint density at radius 2 is 2.16 bits per heavy atom. The van der Waals surface area contributed by atoms with Gasteiger partial charge >= 0.3 is 0 Å². The van der Waals surface area contributed by atoms with Crippen molar-refractivity contribution in [2.75, 3.05) is 45.7 Å². The molecule has 0 saturated heterocycles. The van der Waals surface area contributed by atoms with Gasteiger partial charge < -0.3 is 15.0 Å². The third-order valence-electron chi connectivity index (χ3n) is 2.41. The molecule has 0 unspecified atom stereocenters. The molecule has 0 bridgehead atoms. The molecule has 1 rings (SSSR count). The van der Waals surface area contributed by atoms with Crippen LogP contribution < -0.4 is 5.32 Å². The van der Waals surface area contributed by atoms with Crippen molar-refractivity contribution in [2.45, 2.75) is 0 Å². The number of hydrogen-bond acceptors (Lipinski definition) is 5. The zero-order valence-electron chi connectivity index (χ0n) is 11.1. The molecule has 0 aliphatic heterocycles. The van der Waals surface area contributed by atoms with Crippen molar-refractivity contribution in [1.82, 2.24) is 4.90 Å². The third kappa shape index (κ3) is 5.87. The fourth-order valence-corrected chi connectivity index (χ4v) is 1.61. The number of hydrogen-bond donors (Lipinski definition) is 1. The molecule has 0 heterocycles. The summed E-state index contributed by atoms with van der Waals surface area (Å²) in [5.74, 6) is 0. The summed E-state index contributed by atoms with van der Waals surface area (Å²) in [6.45, 7) is 2.70. The Hall–Kier alpha value is -1.37. The Morgan fingerprint density at radius 3 is 2.74 bits per heavy atom. The van der Waals surface area contributed by atoms with Crippen molar-refractivity contribution < 1.29 is 9.66 Å². The average Bonchev–Trinajstić information content (AvgIpc) is 2.34. The highest BCUT2D eigenvalue weighted by molar-refractivity contribution is 6.33. The van der Waals surface area contributed by atoms with Crippen LogP contribution in [0.15, 0.2) is 18.2 Å². The molecule has 1 N–H and O–H groups in total. The van der Waals surface area contributed by atoms with Crippen LogP contribution in [-0.2, 0) is 4.74 Å². The highest BCUT2D eigenvalue weighted by Gasteiger charge is 2.08. The van der Waals surface area contributed by atoms with E-state index in [1.165, 1.54) is 12.1 Å². The lowest BCUT2D eigenvalue weighted by Gasteiger charge is -2.11. The fraction of sp³-hybridized carbons (Fsp3) is 0.500. The van der Waals surface area contributed by atoms with E-state index in [-0.39, 0.29) is 5.69 Å². The Labute approximate surface area is 117 Å². The number of rotatable bonds is 8. The molecular weight excluding hydrogens is 270 g/mol. The lowest BCUT2D eigenvalue weighted by atomic mass is 10.3. The lowest BCUT2D eigenvalue weighted by Crippen LogP contribution is -2.20. The maximum atomic E-state index is 10.6. The lowest BCUT2D eigenvalue weighted by molar-refractivity contribution is -0.384. The molecule has 7 heteroatoms. The average molecular weight is 288 g/mol. The molecule has 0 aromatic heterocycles. The van der Waals surface area contributed by atoms with Gasteiger partial charge in [-0.25, -0.2) is 0 Å². The Morgan fingerprint density at radius 1 is 1.42 bits per heavy atom. The number of ether oxygens (including phenoxy) is 1. The maximum Gasteiger partial charge on any atom is 0.271 e. The van der Waals surface area contributed by atoms with Gasteiger partial charge in [-0.1, -0.05) is 11.6 Å². The van der Waals surface area contributed by atoms with Gasteiger partial charge in [-0.3, -0.25) is 10.1 Å². The molecular formula is C12H18ClN3O3. The van der Waals surface area contributed by atoms with E-state index in [1.807, 2.05) is 19.0 Å². The zero-order valence-corrected chi connectivity index (χ0v) is 11.8. The predicted octanol–water partition coefficient (Wildman–Crippen LogP) is 2.24. The molecule has 0 atom stereocenters. The fourth-order valence-electron chi connectivity index (χ4n) is 1.37. The first-order valence-corrected chi connectivity index (χ1v) is 6.29. The van der Waals surface area contributed by atoms with Crippen LogP contribution in [0.5, 0.6) is 0 Å². The van der Waals surface area contributed by atoms with Gasteiger partial charge in [0.1, 0.15) is 0 Å². The molecule has 0 spiro atoms. The summed E-state index contributed by atoms with van der Waals surface area (Å²) in [4.78, 5) is 12.1. The summed E-state index contributed by atoms with van der Waals surface area (Å²) in [6, 6.07) is 4.35. The number of halogens is 1. The van der Waals surface area contributed by atoms with Crippen LogP contribution in [-0.4, -0.2) is 50.2 Å². The maximum absolute atomic E-state index is 10.6. The van der Waals surface area contributed by atoms with Gasteiger partial charge in [0, 0.05) is 25.2 Å². The number of nitrogens with zero attached hydrogens (tertiary/aromatic N) is 2. The summed E-state index contributed by atoms with van der Waals surface area (Å²) in [5.41, 5.74) is 0.654. The second-order valence-electron chi connectivity index (χ2n) is 4.26. The van der Waals surface area contributed by atoms with Crippen LogP contribution in [0, 0.1) is 10.1 Å². The van der Waals surface area contributed by atoms with E-state index in [0.717, 1.165) is 6.54 Å². The molecule has 1 aromatic rings. The molecule has 0 aliphatic rings. The summed E-state index contributed by atoms with van der Waals surface area (Å²) >= 11 is 5.94. The zero-order chi connectivity index (χ0) is 14.3. The minimum absolute atomic E-state index is 0.0159. The number of anilines is 1.